The van der Waals surface area contributed by atoms with E-state index >= 15 is 0 Å². The Balaban J connectivity index is 2.61. The molecular weight excluding hydrogens is 198 g/mol. The van der Waals surface area contributed by atoms with Gasteiger partial charge in [0.2, 0.25) is 11.9 Å². The molecule has 0 saturated carbocycles. The van der Waals surface area contributed by atoms with Gasteiger partial charge in [0.1, 0.15) is 0 Å². The molecule has 0 aliphatic carbocycles. The Hall–Kier alpha value is -2.18. The van der Waals surface area contributed by atoms with Gasteiger partial charge < -0.3 is 16.2 Å². The summed E-state index contributed by atoms with van der Waals surface area (Å²) >= 11 is 0. The van der Waals surface area contributed by atoms with Crippen LogP contribution in [0.2, 0.25) is 0 Å². The minimum Gasteiger partial charge on any atom is -0.454 e. The molecule has 0 radical (unpaired) electrons. The van der Waals surface area contributed by atoms with Crippen molar-refractivity contribution in [2.24, 2.45) is 0 Å². The highest BCUT2D eigenvalue weighted by atomic mass is 16.5. The van der Waals surface area contributed by atoms with Crippen LogP contribution in [-0.4, -0.2) is 20.9 Å². The monoisotopic (exact) mass is 209 g/mol. The number of nitrogens with zero attached hydrogens (tertiary/aromatic N) is 3. The van der Waals surface area contributed by atoms with Crippen LogP contribution in [-0.2, 0) is 16.1 Å². The van der Waals surface area contributed by atoms with E-state index in [-0.39, 0.29) is 24.3 Å². The van der Waals surface area contributed by atoms with Crippen molar-refractivity contribution in [2.75, 3.05) is 11.5 Å². The van der Waals surface area contributed by atoms with Crippen LogP contribution in [0.25, 0.3) is 0 Å². The van der Waals surface area contributed by atoms with Gasteiger partial charge in [0.25, 0.3) is 0 Å². The zero-order chi connectivity index (χ0) is 11.3. The topological polar surface area (TPSA) is 117 Å². The number of rotatable bonds is 3. The van der Waals surface area contributed by atoms with Crippen molar-refractivity contribution in [1.29, 1.82) is 0 Å². The number of ether oxygens (including phenoxy) is 1. The molecular formula is C8H11N5O2. The van der Waals surface area contributed by atoms with Crippen molar-refractivity contribution in [3.8, 4) is 0 Å². The number of carbonyl (C=O) groups is 1. The summed E-state index contributed by atoms with van der Waals surface area (Å²) in [6, 6.07) is 0. The highest BCUT2D eigenvalue weighted by Crippen LogP contribution is 2.00. The van der Waals surface area contributed by atoms with Crippen LogP contribution < -0.4 is 11.5 Å². The minimum absolute atomic E-state index is 0.000386. The van der Waals surface area contributed by atoms with E-state index in [0.717, 1.165) is 0 Å². The van der Waals surface area contributed by atoms with E-state index in [1.807, 2.05) is 0 Å². The maximum Gasteiger partial charge on any atom is 0.330 e. The molecule has 7 nitrogen and oxygen atoms in total. The predicted molar refractivity (Wildman–Crippen MR) is 53.3 cm³/mol. The molecule has 0 aliphatic heterocycles. The molecule has 4 N–H and O–H groups in total. The quantitative estimate of drug-likeness (QED) is 0.516. The molecule has 0 aliphatic rings. The van der Waals surface area contributed by atoms with E-state index in [1.54, 1.807) is 13.0 Å². The largest absolute Gasteiger partial charge is 0.454 e. The van der Waals surface area contributed by atoms with Gasteiger partial charge >= 0.3 is 5.97 Å². The van der Waals surface area contributed by atoms with Crippen LogP contribution in [0.4, 0.5) is 11.9 Å². The van der Waals surface area contributed by atoms with Crippen LogP contribution >= 0.6 is 0 Å². The third-order valence-electron chi connectivity index (χ3n) is 1.36. The lowest BCUT2D eigenvalue weighted by atomic mass is 10.5. The number of nitrogens with two attached hydrogens (primary N) is 2. The molecule has 80 valence electrons. The molecule has 15 heavy (non-hydrogen) atoms. The molecule has 0 unspecified atom stereocenters. The van der Waals surface area contributed by atoms with E-state index in [4.69, 9.17) is 16.2 Å². The zero-order valence-electron chi connectivity index (χ0n) is 8.17. The summed E-state index contributed by atoms with van der Waals surface area (Å²) in [6.07, 6.45) is 2.85. The molecule has 7 heteroatoms. The van der Waals surface area contributed by atoms with E-state index in [9.17, 15) is 4.79 Å². The van der Waals surface area contributed by atoms with E-state index in [0.29, 0.717) is 0 Å². The molecule has 1 heterocycles. The van der Waals surface area contributed by atoms with Gasteiger partial charge in [-0.1, -0.05) is 6.08 Å². The minimum atomic E-state index is -0.477. The maximum atomic E-state index is 10.9. The van der Waals surface area contributed by atoms with Gasteiger partial charge in [-0.2, -0.15) is 15.0 Å². The average molecular weight is 209 g/mol. The summed E-state index contributed by atoms with van der Waals surface area (Å²) in [5, 5.41) is 0. The third kappa shape index (κ3) is 3.59. The summed E-state index contributed by atoms with van der Waals surface area (Å²) < 4.78 is 4.79. The lowest BCUT2D eigenvalue weighted by Gasteiger charge is -2.02. The smallest absolute Gasteiger partial charge is 0.330 e. The molecule has 0 aromatic carbocycles. The zero-order valence-corrected chi connectivity index (χ0v) is 8.17. The van der Waals surface area contributed by atoms with Crippen molar-refractivity contribution in [1.82, 2.24) is 15.0 Å². The molecule has 0 bridgehead atoms. The van der Waals surface area contributed by atoms with Gasteiger partial charge in [0.15, 0.2) is 12.4 Å². The van der Waals surface area contributed by atoms with E-state index in [2.05, 4.69) is 15.0 Å². The summed E-state index contributed by atoms with van der Waals surface area (Å²) in [6.45, 7) is 1.63. The van der Waals surface area contributed by atoms with Gasteiger partial charge in [0.05, 0.1) is 0 Å². The van der Waals surface area contributed by atoms with Crippen LogP contribution in [0.15, 0.2) is 12.2 Å². The Morgan fingerprint density at radius 2 is 1.93 bits per heavy atom. The van der Waals surface area contributed by atoms with Crippen LogP contribution in [0.3, 0.4) is 0 Å². The van der Waals surface area contributed by atoms with Crippen molar-refractivity contribution in [3.05, 3.63) is 18.0 Å². The lowest BCUT2D eigenvalue weighted by Crippen LogP contribution is -2.09. The first-order chi connectivity index (χ1) is 7.11. The van der Waals surface area contributed by atoms with Crippen molar-refractivity contribution in [2.45, 2.75) is 13.5 Å². The van der Waals surface area contributed by atoms with E-state index in [1.165, 1.54) is 6.08 Å². The summed E-state index contributed by atoms with van der Waals surface area (Å²) in [5.41, 5.74) is 10.7. The molecule has 0 fully saturated rings. The Morgan fingerprint density at radius 1 is 1.33 bits per heavy atom. The molecule has 0 saturated heterocycles. The fourth-order valence-electron chi connectivity index (χ4n) is 0.841. The van der Waals surface area contributed by atoms with Crippen LogP contribution in [0.5, 0.6) is 0 Å². The highest BCUT2D eigenvalue weighted by Gasteiger charge is 2.04. The number of hydrogen-bond donors (Lipinski definition) is 2. The number of hydrogen-bond acceptors (Lipinski definition) is 7. The molecule has 0 spiro atoms. The van der Waals surface area contributed by atoms with Crippen molar-refractivity contribution < 1.29 is 9.53 Å². The Kier molecular flexibility index (Phi) is 3.55. The second-order valence-electron chi connectivity index (χ2n) is 2.58. The predicted octanol–water partition coefficient (Wildman–Crippen LogP) is -0.345. The Labute approximate surface area is 86.2 Å². The summed E-state index contributed by atoms with van der Waals surface area (Å²) in [4.78, 5) is 22.0. The standard InChI is InChI=1S/C8H11N5O2/c1-2-3-6(14)15-4-5-11-7(9)13-8(10)12-5/h2-3H,4H2,1H3,(H4,9,10,11,12,13)/b3-2+. The number of carbonyl (C=O) groups excluding carboxylic acids is 1. The molecule has 0 atom stereocenters. The average Bonchev–Trinajstić information content (AvgIpc) is 2.14. The number of aromatic nitrogens is 3. The van der Waals surface area contributed by atoms with Gasteiger partial charge in [-0.15, -0.1) is 0 Å². The normalized spacial score (nSPS) is 10.5. The van der Waals surface area contributed by atoms with Crippen LogP contribution in [0.1, 0.15) is 12.7 Å². The first kappa shape index (κ1) is 10.9. The Bertz CT molecular complexity index is 370. The van der Waals surface area contributed by atoms with Gasteiger partial charge in [-0.25, -0.2) is 4.79 Å². The van der Waals surface area contributed by atoms with Crippen molar-refractivity contribution >= 4 is 17.9 Å². The molecule has 1 aromatic heterocycles. The second kappa shape index (κ2) is 4.89. The summed E-state index contributed by atoms with van der Waals surface area (Å²) in [5.74, 6) is -0.257. The highest BCUT2D eigenvalue weighted by molar-refractivity contribution is 5.81. The second-order valence-corrected chi connectivity index (χ2v) is 2.58. The molecule has 1 aromatic rings. The fraction of sp³-hybridized carbons (Fsp3) is 0.250. The third-order valence-corrected chi connectivity index (χ3v) is 1.36. The maximum absolute atomic E-state index is 10.9. The Morgan fingerprint density at radius 3 is 2.47 bits per heavy atom. The van der Waals surface area contributed by atoms with Gasteiger partial charge in [-0.05, 0) is 6.92 Å². The van der Waals surface area contributed by atoms with Gasteiger partial charge in [-0.3, -0.25) is 0 Å². The summed E-state index contributed by atoms with van der Waals surface area (Å²) in [7, 11) is 0. The van der Waals surface area contributed by atoms with E-state index < -0.39 is 5.97 Å². The molecule has 1 rings (SSSR count). The number of allylic oxidation sites excluding steroid dienone is 1. The number of anilines is 2. The SMILES string of the molecule is C/C=C/C(=O)OCc1nc(N)nc(N)n1. The first-order valence-electron chi connectivity index (χ1n) is 4.17. The fourth-order valence-corrected chi connectivity index (χ4v) is 0.841. The number of esters is 1. The molecule has 0 amide bonds. The lowest BCUT2D eigenvalue weighted by molar-refractivity contribution is -0.139. The van der Waals surface area contributed by atoms with Crippen LogP contribution in [0, 0.1) is 0 Å². The number of nitrogen functional groups attached to an aromatic ring is 2. The van der Waals surface area contributed by atoms with Gasteiger partial charge in [0, 0.05) is 6.08 Å². The van der Waals surface area contributed by atoms with Crippen molar-refractivity contribution in [3.63, 3.8) is 0 Å². The first-order valence-corrected chi connectivity index (χ1v) is 4.17.